The minimum absolute atomic E-state index is 0.336. The number of carboxylic acid groups (broad SMARTS) is 1. The Balaban J connectivity index is 2.58. The van der Waals surface area contributed by atoms with Crippen LogP contribution in [-0.2, 0) is 11.0 Å². The monoisotopic (exact) mass is 292 g/mol. The van der Waals surface area contributed by atoms with Crippen molar-refractivity contribution in [3.63, 3.8) is 0 Å². The number of alkyl halides is 3. The van der Waals surface area contributed by atoms with Gasteiger partial charge in [-0.25, -0.2) is 4.79 Å². The SMILES string of the molecule is O=C(O)C=Cc1ccc(C(F)(F)F)cc1-c1ccccc1. The van der Waals surface area contributed by atoms with E-state index in [0.29, 0.717) is 16.7 Å². The molecule has 2 rings (SSSR count). The van der Waals surface area contributed by atoms with Crippen molar-refractivity contribution < 1.29 is 23.1 Å². The first kappa shape index (κ1) is 14.8. The van der Waals surface area contributed by atoms with Crippen molar-refractivity contribution in [2.24, 2.45) is 0 Å². The van der Waals surface area contributed by atoms with E-state index in [-0.39, 0.29) is 0 Å². The number of carbonyl (C=O) groups is 1. The summed E-state index contributed by atoms with van der Waals surface area (Å²) in [5, 5.41) is 8.65. The van der Waals surface area contributed by atoms with Gasteiger partial charge in [-0.05, 0) is 34.9 Å². The molecular weight excluding hydrogens is 281 g/mol. The molecule has 5 heteroatoms. The molecule has 0 aliphatic rings. The van der Waals surface area contributed by atoms with Gasteiger partial charge in [-0.3, -0.25) is 0 Å². The minimum Gasteiger partial charge on any atom is -0.478 e. The van der Waals surface area contributed by atoms with Crippen LogP contribution in [0.2, 0.25) is 0 Å². The normalized spacial score (nSPS) is 11.8. The Labute approximate surface area is 119 Å². The zero-order valence-electron chi connectivity index (χ0n) is 10.8. The molecule has 0 fully saturated rings. The standard InChI is InChI=1S/C16H11F3O2/c17-16(18,19)13-8-6-12(7-9-15(20)21)14(10-13)11-4-2-1-3-5-11/h1-10H,(H,20,21). The molecule has 108 valence electrons. The summed E-state index contributed by atoms with van der Waals surface area (Å²) in [4.78, 5) is 10.6. The van der Waals surface area contributed by atoms with E-state index in [4.69, 9.17) is 5.11 Å². The first-order chi connectivity index (χ1) is 9.88. The summed E-state index contributed by atoms with van der Waals surface area (Å²) in [5.74, 6) is -1.16. The first-order valence-corrected chi connectivity index (χ1v) is 6.05. The Bertz CT molecular complexity index is 674. The minimum atomic E-state index is -4.45. The third kappa shape index (κ3) is 3.72. The molecule has 0 aliphatic heterocycles. The van der Waals surface area contributed by atoms with Crippen molar-refractivity contribution in [3.05, 3.63) is 65.7 Å². The van der Waals surface area contributed by atoms with Gasteiger partial charge in [-0.2, -0.15) is 13.2 Å². The molecule has 0 unspecified atom stereocenters. The molecule has 0 aromatic heterocycles. The molecule has 0 heterocycles. The average Bonchev–Trinajstić information content (AvgIpc) is 2.45. The highest BCUT2D eigenvalue weighted by atomic mass is 19.4. The molecule has 0 spiro atoms. The van der Waals surface area contributed by atoms with E-state index < -0.39 is 17.7 Å². The Morgan fingerprint density at radius 3 is 2.29 bits per heavy atom. The third-order valence-corrected chi connectivity index (χ3v) is 2.87. The molecule has 0 bridgehead atoms. The second-order valence-electron chi connectivity index (χ2n) is 4.34. The lowest BCUT2D eigenvalue weighted by Gasteiger charge is -2.12. The van der Waals surface area contributed by atoms with Gasteiger partial charge in [0, 0.05) is 6.08 Å². The molecule has 2 aromatic carbocycles. The molecule has 0 saturated heterocycles. The molecule has 0 atom stereocenters. The number of hydrogen-bond acceptors (Lipinski definition) is 1. The van der Waals surface area contributed by atoms with E-state index in [1.165, 1.54) is 12.1 Å². The highest BCUT2D eigenvalue weighted by Gasteiger charge is 2.30. The maximum atomic E-state index is 12.8. The number of rotatable bonds is 3. The van der Waals surface area contributed by atoms with Crippen LogP contribution in [-0.4, -0.2) is 11.1 Å². The summed E-state index contributed by atoms with van der Waals surface area (Å²) in [6, 6.07) is 11.8. The van der Waals surface area contributed by atoms with E-state index in [1.54, 1.807) is 30.3 Å². The largest absolute Gasteiger partial charge is 0.478 e. The molecule has 2 aromatic rings. The van der Waals surface area contributed by atoms with Crippen LogP contribution in [0.3, 0.4) is 0 Å². The lowest BCUT2D eigenvalue weighted by Crippen LogP contribution is -2.05. The van der Waals surface area contributed by atoms with Crippen molar-refractivity contribution in [2.75, 3.05) is 0 Å². The molecule has 0 amide bonds. The van der Waals surface area contributed by atoms with Gasteiger partial charge in [0.1, 0.15) is 0 Å². The molecule has 0 aliphatic carbocycles. The van der Waals surface area contributed by atoms with Gasteiger partial charge in [-0.1, -0.05) is 36.4 Å². The van der Waals surface area contributed by atoms with Crippen LogP contribution >= 0.6 is 0 Å². The van der Waals surface area contributed by atoms with E-state index in [0.717, 1.165) is 18.2 Å². The Hall–Kier alpha value is -2.56. The van der Waals surface area contributed by atoms with E-state index in [1.807, 2.05) is 0 Å². The van der Waals surface area contributed by atoms with Crippen molar-refractivity contribution in [1.29, 1.82) is 0 Å². The Morgan fingerprint density at radius 1 is 1.05 bits per heavy atom. The number of hydrogen-bond donors (Lipinski definition) is 1. The summed E-state index contributed by atoms with van der Waals surface area (Å²) in [6.07, 6.45) is -2.27. The highest BCUT2D eigenvalue weighted by molar-refractivity contribution is 5.88. The van der Waals surface area contributed by atoms with Gasteiger partial charge in [-0.15, -0.1) is 0 Å². The van der Waals surface area contributed by atoms with Crippen LogP contribution in [0.25, 0.3) is 17.2 Å². The second-order valence-corrected chi connectivity index (χ2v) is 4.34. The number of benzene rings is 2. The smallest absolute Gasteiger partial charge is 0.416 e. The van der Waals surface area contributed by atoms with E-state index in [9.17, 15) is 18.0 Å². The molecule has 0 saturated carbocycles. The van der Waals surface area contributed by atoms with Crippen LogP contribution < -0.4 is 0 Å². The van der Waals surface area contributed by atoms with Crippen molar-refractivity contribution in [1.82, 2.24) is 0 Å². The fourth-order valence-corrected chi connectivity index (χ4v) is 1.91. The predicted octanol–water partition coefficient (Wildman–Crippen LogP) is 4.47. The van der Waals surface area contributed by atoms with Crippen LogP contribution in [0.4, 0.5) is 13.2 Å². The zero-order valence-corrected chi connectivity index (χ0v) is 10.8. The molecule has 1 N–H and O–H groups in total. The van der Waals surface area contributed by atoms with E-state index in [2.05, 4.69) is 0 Å². The van der Waals surface area contributed by atoms with Crippen molar-refractivity contribution >= 4 is 12.0 Å². The third-order valence-electron chi connectivity index (χ3n) is 2.87. The predicted molar refractivity (Wildman–Crippen MR) is 73.5 cm³/mol. The summed E-state index contributed by atoms with van der Waals surface area (Å²) in [5.41, 5.74) is 0.571. The maximum absolute atomic E-state index is 12.8. The summed E-state index contributed by atoms with van der Waals surface area (Å²) < 4.78 is 38.5. The fourth-order valence-electron chi connectivity index (χ4n) is 1.91. The molecule has 2 nitrogen and oxygen atoms in total. The van der Waals surface area contributed by atoms with Crippen LogP contribution in [0.1, 0.15) is 11.1 Å². The van der Waals surface area contributed by atoms with E-state index >= 15 is 0 Å². The first-order valence-electron chi connectivity index (χ1n) is 6.05. The van der Waals surface area contributed by atoms with Crippen molar-refractivity contribution in [3.8, 4) is 11.1 Å². The summed E-state index contributed by atoms with van der Waals surface area (Å²) in [6.45, 7) is 0. The van der Waals surface area contributed by atoms with Crippen LogP contribution in [0, 0.1) is 0 Å². The zero-order chi connectivity index (χ0) is 15.5. The van der Waals surface area contributed by atoms with Crippen molar-refractivity contribution in [2.45, 2.75) is 6.18 Å². The lowest BCUT2D eigenvalue weighted by molar-refractivity contribution is -0.137. The maximum Gasteiger partial charge on any atom is 0.416 e. The van der Waals surface area contributed by atoms with Crippen LogP contribution in [0.5, 0.6) is 0 Å². The summed E-state index contributed by atoms with van der Waals surface area (Å²) in [7, 11) is 0. The summed E-state index contributed by atoms with van der Waals surface area (Å²) >= 11 is 0. The molecule has 21 heavy (non-hydrogen) atoms. The number of aliphatic carboxylic acids is 1. The Morgan fingerprint density at radius 2 is 1.71 bits per heavy atom. The van der Waals surface area contributed by atoms with Gasteiger partial charge in [0.05, 0.1) is 5.56 Å². The topological polar surface area (TPSA) is 37.3 Å². The average molecular weight is 292 g/mol. The van der Waals surface area contributed by atoms with Gasteiger partial charge in [0.25, 0.3) is 0 Å². The Kier molecular flexibility index (Phi) is 4.12. The quantitative estimate of drug-likeness (QED) is 0.847. The van der Waals surface area contributed by atoms with Gasteiger partial charge in [0.2, 0.25) is 0 Å². The van der Waals surface area contributed by atoms with Gasteiger partial charge >= 0.3 is 12.1 Å². The van der Waals surface area contributed by atoms with Crippen LogP contribution in [0.15, 0.2) is 54.6 Å². The lowest BCUT2D eigenvalue weighted by atomic mass is 9.96. The number of halogens is 3. The highest BCUT2D eigenvalue weighted by Crippen LogP contribution is 2.34. The second kappa shape index (κ2) is 5.83. The number of carboxylic acids is 1. The van der Waals surface area contributed by atoms with Gasteiger partial charge in [0.15, 0.2) is 0 Å². The molecular formula is C16H11F3O2. The van der Waals surface area contributed by atoms with Gasteiger partial charge < -0.3 is 5.11 Å². The fraction of sp³-hybridized carbons (Fsp3) is 0.0625. The molecule has 0 radical (unpaired) electrons.